The van der Waals surface area contributed by atoms with Crippen LogP contribution in [0.25, 0.3) is 0 Å². The summed E-state index contributed by atoms with van der Waals surface area (Å²) in [6.07, 6.45) is -6.18. The molecule has 1 aliphatic rings. The number of aryl methyl sites for hydroxylation is 1. The van der Waals surface area contributed by atoms with Gasteiger partial charge in [-0.25, -0.2) is 4.79 Å². The van der Waals surface area contributed by atoms with E-state index in [0.717, 1.165) is 10.5 Å². The molecule has 0 radical (unpaired) electrons. The molecule has 1 aromatic carbocycles. The first-order chi connectivity index (χ1) is 13.5. The third-order valence-electron chi connectivity index (χ3n) is 6.59. The van der Waals surface area contributed by atoms with Gasteiger partial charge in [0.05, 0.1) is 19.2 Å². The lowest BCUT2D eigenvalue weighted by atomic mass is 9.87. The Bertz CT molecular complexity index is 761. The summed E-state index contributed by atoms with van der Waals surface area (Å²) in [7, 11) is -2.28. The van der Waals surface area contributed by atoms with Crippen molar-refractivity contribution in [3.63, 3.8) is 0 Å². The summed E-state index contributed by atoms with van der Waals surface area (Å²) in [5.41, 5.74) is -1.77. The quantitative estimate of drug-likeness (QED) is 0.589. The molecule has 1 saturated heterocycles. The van der Waals surface area contributed by atoms with Gasteiger partial charge in [0.15, 0.2) is 8.32 Å². The zero-order valence-corrected chi connectivity index (χ0v) is 19.6. The Hall–Kier alpha value is -1.74. The average molecular weight is 448 g/mol. The van der Waals surface area contributed by atoms with E-state index >= 15 is 0 Å². The second kappa shape index (κ2) is 8.07. The first-order valence-electron chi connectivity index (χ1n) is 9.98. The van der Waals surface area contributed by atoms with Crippen molar-refractivity contribution in [2.45, 2.75) is 70.6 Å². The van der Waals surface area contributed by atoms with Gasteiger partial charge in [0.25, 0.3) is 0 Å². The molecule has 1 heterocycles. The summed E-state index contributed by atoms with van der Waals surface area (Å²) >= 11 is 0. The number of rotatable bonds is 5. The maximum absolute atomic E-state index is 14.3. The highest BCUT2D eigenvalue weighted by molar-refractivity contribution is 6.74. The van der Waals surface area contributed by atoms with Crippen molar-refractivity contribution in [3.8, 4) is 5.75 Å². The minimum absolute atomic E-state index is 0.0566. The highest BCUT2D eigenvalue weighted by atomic mass is 28.4. The minimum Gasteiger partial charge on any atom is -0.475 e. The molecule has 0 spiro atoms. The molecule has 0 saturated carbocycles. The van der Waals surface area contributed by atoms with E-state index in [4.69, 9.17) is 9.16 Å². The standard InChI is InChI=1S/C21H32F3NO4Si/c1-14-8-10-16(11-9-14)29-20(21(22,23)24)13-25(18(26)27)17(15(20)2)12-28-30(6,7)19(3,4)5/h8-11,15,17H,12-13H2,1-7H3,(H,26,27). The molecular formula is C21H32F3NO4Si. The molecule has 3 unspecified atom stereocenters. The van der Waals surface area contributed by atoms with Crippen molar-refractivity contribution in [3.05, 3.63) is 29.8 Å². The average Bonchev–Trinajstić information content (AvgIpc) is 2.87. The van der Waals surface area contributed by atoms with Crippen LogP contribution in [-0.2, 0) is 4.43 Å². The number of carboxylic acid groups (broad SMARTS) is 1. The minimum atomic E-state index is -4.77. The van der Waals surface area contributed by atoms with Gasteiger partial charge in [0.2, 0.25) is 5.60 Å². The molecule has 9 heteroatoms. The lowest BCUT2D eigenvalue weighted by Crippen LogP contribution is -2.56. The Morgan fingerprint density at radius 3 is 2.20 bits per heavy atom. The van der Waals surface area contributed by atoms with Gasteiger partial charge in [-0.2, -0.15) is 13.2 Å². The molecule has 0 aliphatic carbocycles. The van der Waals surface area contributed by atoms with Gasteiger partial charge in [-0.1, -0.05) is 45.4 Å². The third-order valence-corrected chi connectivity index (χ3v) is 11.1. The fourth-order valence-electron chi connectivity index (χ4n) is 3.40. The number of benzene rings is 1. The van der Waals surface area contributed by atoms with E-state index in [1.165, 1.54) is 19.1 Å². The van der Waals surface area contributed by atoms with Crippen LogP contribution >= 0.6 is 0 Å². The molecule has 1 fully saturated rings. The predicted molar refractivity (Wildman–Crippen MR) is 111 cm³/mol. The van der Waals surface area contributed by atoms with Crippen LogP contribution in [0.4, 0.5) is 18.0 Å². The number of likely N-dealkylation sites (tertiary alicyclic amines) is 1. The van der Waals surface area contributed by atoms with E-state index in [-0.39, 0.29) is 17.4 Å². The van der Waals surface area contributed by atoms with Crippen LogP contribution in [0.5, 0.6) is 5.75 Å². The van der Waals surface area contributed by atoms with Crippen LogP contribution in [-0.4, -0.2) is 55.4 Å². The SMILES string of the molecule is Cc1ccc(OC2(C(F)(F)F)CN(C(=O)O)C(CO[Si](C)(C)C(C)(C)C)C2C)cc1. The van der Waals surface area contributed by atoms with Crippen molar-refractivity contribution >= 4 is 14.4 Å². The summed E-state index contributed by atoms with van der Waals surface area (Å²) in [6.45, 7) is 12.3. The number of nitrogens with zero attached hydrogens (tertiary/aromatic N) is 1. The molecule has 2 rings (SSSR count). The van der Waals surface area contributed by atoms with Crippen LogP contribution in [0.15, 0.2) is 24.3 Å². The zero-order chi connectivity index (χ0) is 23.1. The summed E-state index contributed by atoms with van der Waals surface area (Å²) in [6, 6.07) is 5.29. The summed E-state index contributed by atoms with van der Waals surface area (Å²) < 4.78 is 54.6. The topological polar surface area (TPSA) is 59.0 Å². The lowest BCUT2D eigenvalue weighted by molar-refractivity contribution is -0.255. The molecule has 1 N–H and O–H groups in total. The molecule has 1 amide bonds. The Labute approximate surface area is 177 Å². The maximum atomic E-state index is 14.3. The number of hydrogen-bond acceptors (Lipinski definition) is 3. The van der Waals surface area contributed by atoms with Crippen LogP contribution < -0.4 is 4.74 Å². The summed E-state index contributed by atoms with van der Waals surface area (Å²) in [4.78, 5) is 12.7. The van der Waals surface area contributed by atoms with Gasteiger partial charge in [-0.3, -0.25) is 4.90 Å². The fourth-order valence-corrected chi connectivity index (χ4v) is 4.42. The first-order valence-corrected chi connectivity index (χ1v) is 12.9. The van der Waals surface area contributed by atoms with Crippen LogP contribution in [0.2, 0.25) is 18.1 Å². The van der Waals surface area contributed by atoms with Crippen LogP contribution in [0.1, 0.15) is 33.3 Å². The van der Waals surface area contributed by atoms with Gasteiger partial charge in [0, 0.05) is 5.92 Å². The molecule has 1 aliphatic heterocycles. The number of alkyl halides is 3. The molecule has 0 bridgehead atoms. The van der Waals surface area contributed by atoms with Crippen molar-refractivity contribution in [2.24, 2.45) is 5.92 Å². The highest BCUT2D eigenvalue weighted by Crippen LogP contribution is 2.48. The van der Waals surface area contributed by atoms with Crippen molar-refractivity contribution < 1.29 is 32.2 Å². The van der Waals surface area contributed by atoms with E-state index in [2.05, 4.69) is 0 Å². The molecular weight excluding hydrogens is 415 g/mol. The smallest absolute Gasteiger partial charge is 0.430 e. The lowest BCUT2D eigenvalue weighted by Gasteiger charge is -2.39. The van der Waals surface area contributed by atoms with Gasteiger partial charge in [-0.15, -0.1) is 0 Å². The van der Waals surface area contributed by atoms with Gasteiger partial charge < -0.3 is 14.3 Å². The Balaban J connectivity index is 2.40. The molecule has 0 aromatic heterocycles. The van der Waals surface area contributed by atoms with E-state index in [0.29, 0.717) is 0 Å². The summed E-state index contributed by atoms with van der Waals surface area (Å²) in [5, 5.41) is 9.50. The number of amides is 1. The predicted octanol–water partition coefficient (Wildman–Crippen LogP) is 5.70. The molecule has 170 valence electrons. The van der Waals surface area contributed by atoms with Crippen molar-refractivity contribution in [1.29, 1.82) is 0 Å². The Morgan fingerprint density at radius 1 is 1.23 bits per heavy atom. The largest absolute Gasteiger partial charge is 0.475 e. The molecule has 3 atom stereocenters. The van der Waals surface area contributed by atoms with E-state index in [1.807, 2.05) is 40.8 Å². The van der Waals surface area contributed by atoms with Gasteiger partial charge in [-0.05, 0) is 37.2 Å². The van der Waals surface area contributed by atoms with E-state index in [1.54, 1.807) is 12.1 Å². The summed E-state index contributed by atoms with van der Waals surface area (Å²) in [5.74, 6) is -1.10. The number of ether oxygens (including phenoxy) is 1. The monoisotopic (exact) mass is 447 g/mol. The maximum Gasteiger partial charge on any atom is 0.430 e. The number of carbonyl (C=O) groups is 1. The fraction of sp³-hybridized carbons (Fsp3) is 0.667. The number of halogens is 3. The molecule has 1 aromatic rings. The van der Waals surface area contributed by atoms with Crippen LogP contribution in [0.3, 0.4) is 0 Å². The van der Waals surface area contributed by atoms with Crippen molar-refractivity contribution in [2.75, 3.05) is 13.2 Å². The molecule has 5 nitrogen and oxygen atoms in total. The highest BCUT2D eigenvalue weighted by Gasteiger charge is 2.68. The van der Waals surface area contributed by atoms with Gasteiger partial charge in [0.1, 0.15) is 5.75 Å². The van der Waals surface area contributed by atoms with E-state index < -0.39 is 44.7 Å². The number of hydrogen-bond donors (Lipinski definition) is 1. The second-order valence-corrected chi connectivity index (χ2v) is 14.4. The zero-order valence-electron chi connectivity index (χ0n) is 18.6. The Morgan fingerprint density at radius 2 is 1.77 bits per heavy atom. The third kappa shape index (κ3) is 4.61. The van der Waals surface area contributed by atoms with Crippen LogP contribution in [0, 0.1) is 12.8 Å². The second-order valence-electron chi connectivity index (χ2n) is 9.64. The van der Waals surface area contributed by atoms with E-state index in [9.17, 15) is 23.1 Å². The van der Waals surface area contributed by atoms with Crippen molar-refractivity contribution in [1.82, 2.24) is 4.90 Å². The Kier molecular flexibility index (Phi) is 6.60. The van der Waals surface area contributed by atoms with Gasteiger partial charge >= 0.3 is 12.3 Å². The first kappa shape index (κ1) is 24.5. The normalized spacial score (nSPS) is 25.5. The molecule has 30 heavy (non-hydrogen) atoms.